The van der Waals surface area contributed by atoms with Crippen molar-refractivity contribution in [3.05, 3.63) is 249 Å². The van der Waals surface area contributed by atoms with E-state index in [2.05, 4.69) is 184 Å². The van der Waals surface area contributed by atoms with Crippen LogP contribution in [0, 0.1) is 63.6 Å². The van der Waals surface area contributed by atoms with Crippen molar-refractivity contribution >= 4 is 72.2 Å². The Hall–Kier alpha value is -9.18. The number of rotatable bonds is 6. The fourth-order valence-corrected chi connectivity index (χ4v) is 11.4. The molecule has 0 amide bonds. The van der Waals surface area contributed by atoms with E-state index in [0.29, 0.717) is 5.92 Å². The number of fused-ring (bicyclic) bond motifs is 9. The quantitative estimate of drug-likeness (QED) is 0.0572. The first-order chi connectivity index (χ1) is 38.1. The van der Waals surface area contributed by atoms with Crippen LogP contribution < -0.4 is 10.6 Å². The highest BCUT2D eigenvalue weighted by Crippen LogP contribution is 2.51. The summed E-state index contributed by atoms with van der Waals surface area (Å²) in [5.41, 5.74) is 17.1. The molecular weight excluding hydrogens is 1030 g/mol. The number of nitrogens with two attached hydrogens (primary N) is 1. The van der Waals surface area contributed by atoms with Gasteiger partial charge in [-0.25, -0.2) is 48.9 Å². The first-order valence-electron chi connectivity index (χ1n) is 25.1. The fraction of sp³-hybridized carbons (Fsp3) is 0.111. The second-order valence-corrected chi connectivity index (χ2v) is 19.6. The van der Waals surface area contributed by atoms with Crippen LogP contribution >= 0.6 is 0 Å². The monoisotopic (exact) mass is 1070 g/mol. The molecule has 2 unspecified atom stereocenters. The Bertz CT molecular complexity index is 4280. The van der Waals surface area contributed by atoms with Crippen molar-refractivity contribution < 1.29 is 43.9 Å². The molecule has 16 heteroatoms. The Labute approximate surface area is 444 Å². The lowest BCUT2D eigenvalue weighted by atomic mass is 9.89. The molecule has 1 aliphatic heterocycles. The van der Waals surface area contributed by atoms with Crippen molar-refractivity contribution in [1.82, 2.24) is 9.13 Å². The molecule has 7 aromatic carbocycles. The number of amidine groups is 2. The van der Waals surface area contributed by atoms with Gasteiger partial charge in [0.15, 0.2) is 52.4 Å². The second-order valence-electron chi connectivity index (χ2n) is 19.6. The Morgan fingerprint density at radius 3 is 1.80 bits per heavy atom. The van der Waals surface area contributed by atoms with Crippen molar-refractivity contribution in [2.24, 2.45) is 10.7 Å². The van der Waals surface area contributed by atoms with Gasteiger partial charge in [-0.05, 0) is 96.1 Å². The molecule has 0 saturated carbocycles. The fourth-order valence-electron chi connectivity index (χ4n) is 11.4. The van der Waals surface area contributed by atoms with Crippen LogP contribution in [-0.4, -0.2) is 27.9 Å². The summed E-state index contributed by atoms with van der Waals surface area (Å²) in [6.45, 7) is 0. The Balaban J connectivity index is 0.000000196. The SMILES string of the molecule is CN1C2=CC=C(n3c4ccccc4c4ccc(C5C=CC=CC5)cc43)CC2c2cc(-n3c4ccccc4c4ccc(C5=CC=CCC5)cc43)ccc21.N=C(N=C(N)c1c(F)c(F)c(F)c(F)c1F)c1c(F)c(F)c(F)c(F)c1F. The average molecular weight is 1070 g/mol. The topological polar surface area (TPSA) is 75.3 Å². The smallest absolute Gasteiger partial charge is 0.200 e. The minimum atomic E-state index is -2.56. The van der Waals surface area contributed by atoms with Crippen LogP contribution in [0.3, 0.4) is 0 Å². The first kappa shape index (κ1) is 50.6. The molecule has 2 atom stereocenters. The van der Waals surface area contributed by atoms with Gasteiger partial charge in [0.05, 0.1) is 33.2 Å². The molecule has 3 N–H and O–H groups in total. The lowest BCUT2D eigenvalue weighted by Crippen LogP contribution is -2.23. The zero-order chi connectivity index (χ0) is 55.1. The van der Waals surface area contributed by atoms with Crippen LogP contribution in [0.5, 0.6) is 0 Å². The number of hydrogen-bond donors (Lipinski definition) is 2. The van der Waals surface area contributed by atoms with E-state index in [-0.39, 0.29) is 5.92 Å². The van der Waals surface area contributed by atoms with Crippen molar-refractivity contribution in [3.63, 3.8) is 0 Å². The molecule has 2 aromatic heterocycles. The Morgan fingerprint density at radius 1 is 0.570 bits per heavy atom. The summed E-state index contributed by atoms with van der Waals surface area (Å²) in [6.07, 6.45) is 24.7. The van der Waals surface area contributed by atoms with Crippen LogP contribution in [-0.2, 0) is 0 Å². The molecule has 0 spiro atoms. The molecule has 13 rings (SSSR count). The molecule has 0 bridgehead atoms. The number of anilines is 1. The number of nitrogens with one attached hydrogen (secondary N) is 1. The highest BCUT2D eigenvalue weighted by molar-refractivity contribution is 6.12. The predicted octanol–water partition coefficient (Wildman–Crippen LogP) is 16.4. The summed E-state index contributed by atoms with van der Waals surface area (Å²) < 4.78 is 138. The molecule has 3 heterocycles. The summed E-state index contributed by atoms with van der Waals surface area (Å²) in [4.78, 5) is 5.10. The molecule has 0 saturated heterocycles. The van der Waals surface area contributed by atoms with Crippen LogP contribution in [0.25, 0.3) is 60.6 Å². The molecule has 0 fully saturated rings. The number of likely N-dealkylation sites (N-methyl/N-ethyl adjacent to an activating group) is 1. The maximum Gasteiger partial charge on any atom is 0.200 e. The summed E-state index contributed by atoms with van der Waals surface area (Å²) in [5.74, 6) is -27.7. The summed E-state index contributed by atoms with van der Waals surface area (Å²) in [5, 5.41) is 12.5. The van der Waals surface area contributed by atoms with Gasteiger partial charge in [-0.15, -0.1) is 0 Å². The van der Waals surface area contributed by atoms with E-state index in [1.807, 2.05) is 0 Å². The summed E-state index contributed by atoms with van der Waals surface area (Å²) in [7, 11) is 2.24. The highest BCUT2D eigenvalue weighted by atomic mass is 19.2. The minimum Gasteiger partial charge on any atom is -0.383 e. The van der Waals surface area contributed by atoms with E-state index in [0.717, 1.165) is 25.7 Å². The molecule has 9 aromatic rings. The maximum absolute atomic E-state index is 13.6. The van der Waals surface area contributed by atoms with E-state index in [4.69, 9.17) is 11.1 Å². The zero-order valence-corrected chi connectivity index (χ0v) is 41.6. The highest BCUT2D eigenvalue weighted by Gasteiger charge is 2.36. The predicted molar refractivity (Wildman–Crippen MR) is 290 cm³/mol. The summed E-state index contributed by atoms with van der Waals surface area (Å²) in [6, 6.07) is 39.2. The lowest BCUT2D eigenvalue weighted by Gasteiger charge is -2.24. The van der Waals surface area contributed by atoms with Crippen molar-refractivity contribution in [1.29, 1.82) is 5.41 Å². The number of halogens is 10. The standard InChI is InChI=1S/C49H39N3.C14H3F10N3/c1-50-44-26-22-36(51-46-18-10-8-16-38(46)40-24-20-34(28-48(40)51)32-12-4-2-5-13-32)30-42(44)43-31-37(23-27-45(43)50)52-47-19-11-9-17-39(47)41-25-21-35(29-49(41)52)33-14-6-3-7-15-33;15-3-1(4(16)8(20)11(23)7(3)19)13(25)27-14(26)2-5(17)9(21)12(24)10(22)6(2)18/h2-6,8-12,14,16-29,31-32,42H,7,13,15,30H2,1H3;(H3,25,26,27). The largest absolute Gasteiger partial charge is 0.383 e. The molecule has 0 radical (unpaired) electrons. The van der Waals surface area contributed by atoms with Gasteiger partial charge < -0.3 is 19.8 Å². The Morgan fingerprint density at radius 2 is 1.16 bits per heavy atom. The molecule has 79 heavy (non-hydrogen) atoms. The average Bonchev–Trinajstić information content (AvgIpc) is 4.18. The first-order valence-corrected chi connectivity index (χ1v) is 25.1. The van der Waals surface area contributed by atoms with Crippen LogP contribution in [0.1, 0.15) is 65.3 Å². The number of para-hydroxylation sites is 2. The number of allylic oxidation sites excluding steroid dienone is 12. The van der Waals surface area contributed by atoms with Gasteiger partial charge in [-0.3, -0.25) is 5.41 Å². The van der Waals surface area contributed by atoms with E-state index in [9.17, 15) is 43.9 Å². The van der Waals surface area contributed by atoms with Crippen molar-refractivity contribution in [2.45, 2.75) is 37.5 Å². The van der Waals surface area contributed by atoms with Gasteiger partial charge in [-0.1, -0.05) is 103 Å². The number of hydrogen-bond acceptors (Lipinski definition) is 2. The van der Waals surface area contributed by atoms with Crippen LogP contribution in [0.15, 0.2) is 169 Å². The molecule has 394 valence electrons. The van der Waals surface area contributed by atoms with Crippen molar-refractivity contribution in [2.75, 3.05) is 11.9 Å². The maximum atomic E-state index is 13.6. The number of nitrogens with zero attached hydrogens (tertiary/aromatic N) is 4. The number of benzene rings is 7. The second kappa shape index (κ2) is 19.7. The normalized spacial score (nSPS) is 16.8. The van der Waals surface area contributed by atoms with Crippen LogP contribution in [0.2, 0.25) is 0 Å². The van der Waals surface area contributed by atoms with Gasteiger partial charge in [0.2, 0.25) is 11.6 Å². The third-order valence-electron chi connectivity index (χ3n) is 15.2. The molecular formula is C63H42F10N6. The van der Waals surface area contributed by atoms with E-state index in [1.54, 1.807) is 0 Å². The van der Waals surface area contributed by atoms with E-state index < -0.39 is 81.0 Å². The Kier molecular flexibility index (Phi) is 12.6. The van der Waals surface area contributed by atoms with Gasteiger partial charge in [0.1, 0.15) is 5.84 Å². The zero-order valence-electron chi connectivity index (χ0n) is 41.6. The number of aliphatic imine (C=N–C) groups is 1. The molecule has 3 aliphatic carbocycles. The van der Waals surface area contributed by atoms with E-state index >= 15 is 0 Å². The van der Waals surface area contributed by atoms with Gasteiger partial charge >= 0.3 is 0 Å². The van der Waals surface area contributed by atoms with Gasteiger partial charge in [-0.2, -0.15) is 0 Å². The third kappa shape index (κ3) is 8.26. The summed E-state index contributed by atoms with van der Waals surface area (Å²) >= 11 is 0. The lowest BCUT2D eigenvalue weighted by molar-refractivity contribution is 0.376. The van der Waals surface area contributed by atoms with Crippen molar-refractivity contribution in [3.8, 4) is 5.69 Å². The molecule has 4 aliphatic rings. The molecule has 6 nitrogen and oxygen atoms in total. The third-order valence-corrected chi connectivity index (χ3v) is 15.2. The van der Waals surface area contributed by atoms with Gasteiger partial charge in [0, 0.05) is 69.6 Å². The number of aromatic nitrogens is 2. The minimum absolute atomic E-state index is 0.272. The van der Waals surface area contributed by atoms with E-state index in [1.165, 1.54) is 88.6 Å². The van der Waals surface area contributed by atoms with Crippen LogP contribution in [0.4, 0.5) is 49.6 Å². The van der Waals surface area contributed by atoms with Gasteiger partial charge in [0.25, 0.3) is 0 Å².